The van der Waals surface area contributed by atoms with Crippen molar-refractivity contribution in [2.75, 3.05) is 24.7 Å². The van der Waals surface area contributed by atoms with Gasteiger partial charge in [0.2, 0.25) is 0 Å². The number of thiazole rings is 1. The third-order valence-electron chi connectivity index (χ3n) is 2.51. The molecule has 0 fully saturated rings. The highest BCUT2D eigenvalue weighted by Crippen LogP contribution is 2.15. The SMILES string of the molecule is COC(=O)c1cc(NCCc2cscn2)ncc1N. The molecule has 0 amide bonds. The molecular weight excluding hydrogens is 264 g/mol. The zero-order valence-corrected chi connectivity index (χ0v) is 11.2. The van der Waals surface area contributed by atoms with Crippen molar-refractivity contribution >= 4 is 28.8 Å². The van der Waals surface area contributed by atoms with Crippen molar-refractivity contribution in [1.82, 2.24) is 9.97 Å². The molecule has 2 aromatic rings. The summed E-state index contributed by atoms with van der Waals surface area (Å²) < 4.78 is 4.65. The summed E-state index contributed by atoms with van der Waals surface area (Å²) in [6, 6.07) is 1.59. The van der Waals surface area contributed by atoms with Crippen LogP contribution in [-0.2, 0) is 11.2 Å². The standard InChI is InChI=1S/C12H14N4O2S/c1-18-12(17)9-4-11(15-5-10(9)13)14-3-2-8-6-19-7-16-8/h4-7H,2-3,13H2,1H3,(H,14,15). The lowest BCUT2D eigenvalue weighted by molar-refractivity contribution is 0.0602. The monoisotopic (exact) mass is 278 g/mol. The summed E-state index contributed by atoms with van der Waals surface area (Å²) in [5.41, 5.74) is 9.11. The number of aromatic nitrogens is 2. The van der Waals surface area contributed by atoms with E-state index in [0.717, 1.165) is 12.1 Å². The Balaban J connectivity index is 1.99. The zero-order chi connectivity index (χ0) is 13.7. The van der Waals surface area contributed by atoms with Gasteiger partial charge in [-0.25, -0.2) is 14.8 Å². The van der Waals surface area contributed by atoms with Crippen LogP contribution < -0.4 is 11.1 Å². The van der Waals surface area contributed by atoms with Crippen LogP contribution in [0.5, 0.6) is 0 Å². The number of nitrogens with one attached hydrogen (secondary N) is 1. The fraction of sp³-hybridized carbons (Fsp3) is 0.250. The molecule has 0 saturated carbocycles. The molecule has 0 aliphatic carbocycles. The Morgan fingerprint density at radius 2 is 2.37 bits per heavy atom. The van der Waals surface area contributed by atoms with Gasteiger partial charge in [0.15, 0.2) is 0 Å². The van der Waals surface area contributed by atoms with E-state index in [2.05, 4.69) is 20.0 Å². The first-order valence-corrected chi connectivity index (χ1v) is 6.59. The summed E-state index contributed by atoms with van der Waals surface area (Å²) in [6.07, 6.45) is 2.24. The molecule has 2 rings (SSSR count). The van der Waals surface area contributed by atoms with Crippen LogP contribution in [0.15, 0.2) is 23.2 Å². The van der Waals surface area contributed by atoms with Crippen LogP contribution in [0.3, 0.4) is 0 Å². The number of nitrogen functional groups attached to an aromatic ring is 1. The van der Waals surface area contributed by atoms with E-state index in [9.17, 15) is 4.79 Å². The highest BCUT2D eigenvalue weighted by atomic mass is 32.1. The number of esters is 1. The lowest BCUT2D eigenvalue weighted by Crippen LogP contribution is -2.10. The molecule has 2 heterocycles. The number of methoxy groups -OCH3 is 1. The van der Waals surface area contributed by atoms with Crippen LogP contribution in [0.4, 0.5) is 11.5 Å². The van der Waals surface area contributed by atoms with E-state index in [1.165, 1.54) is 13.3 Å². The Kier molecular flexibility index (Phi) is 4.30. The van der Waals surface area contributed by atoms with E-state index in [0.29, 0.717) is 23.6 Å². The van der Waals surface area contributed by atoms with Crippen LogP contribution in [-0.4, -0.2) is 29.6 Å². The number of nitrogens with two attached hydrogens (primary N) is 1. The van der Waals surface area contributed by atoms with Gasteiger partial charge in [-0.05, 0) is 6.07 Å². The van der Waals surface area contributed by atoms with Gasteiger partial charge in [-0.2, -0.15) is 0 Å². The number of pyridine rings is 1. The van der Waals surface area contributed by atoms with Gasteiger partial charge in [-0.15, -0.1) is 11.3 Å². The van der Waals surface area contributed by atoms with Crippen LogP contribution >= 0.6 is 11.3 Å². The predicted octanol–water partition coefficient (Wildman–Crippen LogP) is 1.56. The van der Waals surface area contributed by atoms with Crippen molar-refractivity contribution in [3.63, 3.8) is 0 Å². The topological polar surface area (TPSA) is 90.1 Å². The smallest absolute Gasteiger partial charge is 0.340 e. The molecule has 0 aliphatic heterocycles. The molecule has 0 spiro atoms. The van der Waals surface area contributed by atoms with Gasteiger partial charge in [0.1, 0.15) is 5.82 Å². The first-order valence-electron chi connectivity index (χ1n) is 5.65. The Morgan fingerprint density at radius 1 is 1.53 bits per heavy atom. The number of ether oxygens (including phenoxy) is 1. The molecule has 0 aromatic carbocycles. The molecule has 0 atom stereocenters. The molecule has 19 heavy (non-hydrogen) atoms. The Labute approximate surface area is 114 Å². The molecule has 6 nitrogen and oxygen atoms in total. The van der Waals surface area contributed by atoms with Gasteiger partial charge in [0, 0.05) is 18.3 Å². The molecule has 2 aromatic heterocycles. The van der Waals surface area contributed by atoms with E-state index in [-0.39, 0.29) is 0 Å². The van der Waals surface area contributed by atoms with Crippen LogP contribution in [0.2, 0.25) is 0 Å². The van der Waals surface area contributed by atoms with Gasteiger partial charge in [0.25, 0.3) is 0 Å². The third-order valence-corrected chi connectivity index (χ3v) is 3.15. The average Bonchev–Trinajstić information content (AvgIpc) is 2.93. The highest BCUT2D eigenvalue weighted by Gasteiger charge is 2.11. The zero-order valence-electron chi connectivity index (χ0n) is 10.4. The van der Waals surface area contributed by atoms with Crippen LogP contribution in [0.1, 0.15) is 16.1 Å². The number of carbonyl (C=O) groups excluding carboxylic acids is 1. The molecule has 0 unspecified atom stereocenters. The summed E-state index contributed by atoms with van der Waals surface area (Å²) in [5.74, 6) is 0.118. The number of carbonyl (C=O) groups is 1. The van der Waals surface area contributed by atoms with E-state index >= 15 is 0 Å². The van der Waals surface area contributed by atoms with Gasteiger partial charge < -0.3 is 15.8 Å². The summed E-state index contributed by atoms with van der Waals surface area (Å²) in [4.78, 5) is 19.8. The van der Waals surface area contributed by atoms with Crippen molar-refractivity contribution in [2.24, 2.45) is 0 Å². The molecule has 0 radical (unpaired) electrons. The Bertz CT molecular complexity index is 557. The van der Waals surface area contributed by atoms with Gasteiger partial charge >= 0.3 is 5.97 Å². The minimum Gasteiger partial charge on any atom is -0.465 e. The quantitative estimate of drug-likeness (QED) is 0.807. The highest BCUT2D eigenvalue weighted by molar-refractivity contribution is 7.07. The Hall–Kier alpha value is -2.15. The van der Waals surface area contributed by atoms with Gasteiger partial charge in [0.05, 0.1) is 35.8 Å². The maximum atomic E-state index is 11.5. The van der Waals surface area contributed by atoms with Crippen LogP contribution in [0.25, 0.3) is 0 Å². The van der Waals surface area contributed by atoms with Gasteiger partial charge in [-0.3, -0.25) is 0 Å². The number of hydrogen-bond donors (Lipinski definition) is 2. The number of anilines is 2. The molecule has 7 heteroatoms. The molecule has 0 saturated heterocycles. The third kappa shape index (κ3) is 3.41. The molecule has 3 N–H and O–H groups in total. The summed E-state index contributed by atoms with van der Waals surface area (Å²) in [7, 11) is 1.32. The van der Waals surface area contributed by atoms with Gasteiger partial charge in [-0.1, -0.05) is 0 Å². The maximum absolute atomic E-state index is 11.5. The van der Waals surface area contributed by atoms with Crippen molar-refractivity contribution in [1.29, 1.82) is 0 Å². The summed E-state index contributed by atoms with van der Waals surface area (Å²) >= 11 is 1.56. The predicted molar refractivity (Wildman–Crippen MR) is 74.3 cm³/mol. The second kappa shape index (κ2) is 6.14. The number of nitrogens with zero attached hydrogens (tertiary/aromatic N) is 2. The van der Waals surface area contributed by atoms with E-state index in [1.807, 2.05) is 5.38 Å². The molecule has 0 aliphatic rings. The number of hydrogen-bond acceptors (Lipinski definition) is 7. The lowest BCUT2D eigenvalue weighted by atomic mass is 10.2. The van der Waals surface area contributed by atoms with Crippen LogP contribution in [0, 0.1) is 0 Å². The second-order valence-electron chi connectivity index (χ2n) is 3.80. The van der Waals surface area contributed by atoms with E-state index in [1.54, 1.807) is 22.9 Å². The van der Waals surface area contributed by atoms with Crippen molar-refractivity contribution in [3.8, 4) is 0 Å². The fourth-order valence-corrected chi connectivity index (χ4v) is 2.12. The first kappa shape index (κ1) is 13.3. The number of rotatable bonds is 5. The normalized spacial score (nSPS) is 10.2. The molecule has 100 valence electrons. The first-order chi connectivity index (χ1) is 9.20. The van der Waals surface area contributed by atoms with Crippen molar-refractivity contribution in [2.45, 2.75) is 6.42 Å². The average molecular weight is 278 g/mol. The summed E-state index contributed by atoms with van der Waals surface area (Å²) in [6.45, 7) is 0.682. The van der Waals surface area contributed by atoms with Crippen molar-refractivity contribution in [3.05, 3.63) is 34.4 Å². The lowest BCUT2D eigenvalue weighted by Gasteiger charge is -2.08. The molecule has 0 bridgehead atoms. The minimum atomic E-state index is -0.470. The largest absolute Gasteiger partial charge is 0.465 e. The maximum Gasteiger partial charge on any atom is 0.340 e. The molecular formula is C12H14N4O2S. The van der Waals surface area contributed by atoms with E-state index < -0.39 is 5.97 Å². The Morgan fingerprint density at radius 3 is 3.05 bits per heavy atom. The minimum absolute atomic E-state index is 0.303. The second-order valence-corrected chi connectivity index (χ2v) is 4.52. The summed E-state index contributed by atoms with van der Waals surface area (Å²) in [5, 5.41) is 5.12. The van der Waals surface area contributed by atoms with E-state index in [4.69, 9.17) is 5.73 Å². The van der Waals surface area contributed by atoms with Crippen molar-refractivity contribution < 1.29 is 9.53 Å². The fourth-order valence-electron chi connectivity index (χ4n) is 1.53.